The van der Waals surface area contributed by atoms with Crippen LogP contribution in [0.3, 0.4) is 0 Å². The van der Waals surface area contributed by atoms with Gasteiger partial charge >= 0.3 is 0 Å². The predicted octanol–water partition coefficient (Wildman–Crippen LogP) is 2.67. The van der Waals surface area contributed by atoms with Gasteiger partial charge in [0.1, 0.15) is 0 Å². The Morgan fingerprint density at radius 1 is 1.38 bits per heavy atom. The normalized spacial score (nSPS) is 19.1. The molecule has 1 atom stereocenters. The molecule has 0 radical (unpaired) electrons. The summed E-state index contributed by atoms with van der Waals surface area (Å²) in [6, 6.07) is 7.32. The molecule has 1 aliphatic rings. The summed E-state index contributed by atoms with van der Waals surface area (Å²) in [5.74, 6) is 0. The van der Waals surface area contributed by atoms with Gasteiger partial charge in [0.15, 0.2) is 0 Å². The van der Waals surface area contributed by atoms with E-state index in [1.807, 2.05) is 12.1 Å². The Bertz CT molecular complexity index is 468. The molecular weight excluding hydrogens is 220 g/mol. The Morgan fingerprint density at radius 3 is 2.50 bits per heavy atom. The van der Waals surface area contributed by atoms with E-state index in [2.05, 4.69) is 11.3 Å². The molecule has 0 spiro atoms. The Morgan fingerprint density at radius 2 is 2.00 bits per heavy atom. The average Bonchev–Trinajstić information content (AvgIpc) is 3.11. The summed E-state index contributed by atoms with van der Waals surface area (Å²) in [7, 11) is -2.18. The van der Waals surface area contributed by atoms with Crippen molar-refractivity contribution in [3.05, 3.63) is 24.3 Å². The van der Waals surface area contributed by atoms with Gasteiger partial charge in [-0.15, -0.1) is 0 Å². The smallest absolute Gasteiger partial charge is 0.0781 e. The van der Waals surface area contributed by atoms with Crippen molar-refractivity contribution in [3.63, 3.8) is 0 Å². The highest BCUT2D eigenvalue weighted by Gasteiger charge is 2.34. The fraction of sp³-hybridized carbons (Fsp3) is 0.500. The van der Waals surface area contributed by atoms with Crippen LogP contribution in [0.15, 0.2) is 33.5 Å². The van der Waals surface area contributed by atoms with Gasteiger partial charge in [0, 0.05) is 22.4 Å². The Kier molecular flexibility index (Phi) is 3.19. The summed E-state index contributed by atoms with van der Waals surface area (Å²) in [5, 5.41) is 0.266. The third-order valence-electron chi connectivity index (χ3n) is 2.70. The zero-order chi connectivity index (χ0) is 11.6. The minimum absolute atomic E-state index is 0.266. The fourth-order valence-electron chi connectivity index (χ4n) is 1.65. The van der Waals surface area contributed by atoms with Gasteiger partial charge in [-0.05, 0) is 43.5 Å². The number of hydrogen-bond acceptors (Lipinski definition) is 3. The first-order valence-electron chi connectivity index (χ1n) is 5.74. The third-order valence-corrected chi connectivity index (χ3v) is 5.59. The molecule has 0 bridgehead atoms. The van der Waals surface area contributed by atoms with Crippen LogP contribution >= 0.6 is 0 Å². The number of rotatable bonds is 4. The van der Waals surface area contributed by atoms with E-state index in [0.717, 1.165) is 24.2 Å². The molecule has 2 rings (SSSR count). The molecule has 0 amide bonds. The molecule has 0 heterocycles. The Hall–Kier alpha value is -1.03. The van der Waals surface area contributed by atoms with Crippen molar-refractivity contribution in [3.8, 4) is 0 Å². The summed E-state index contributed by atoms with van der Waals surface area (Å²) < 4.78 is 17.2. The molecule has 1 fully saturated rings. The van der Waals surface area contributed by atoms with Crippen molar-refractivity contribution < 1.29 is 4.21 Å². The SMILES string of the molecule is CCCN=S(=O)(c1ccc(N)cc1)C1CC1. The number of nitrogens with zero attached hydrogens (tertiary/aromatic N) is 1. The van der Waals surface area contributed by atoms with Crippen LogP contribution in [0.4, 0.5) is 5.69 Å². The van der Waals surface area contributed by atoms with Crippen LogP contribution in [0.25, 0.3) is 0 Å². The quantitative estimate of drug-likeness (QED) is 0.820. The number of anilines is 1. The van der Waals surface area contributed by atoms with Crippen LogP contribution in [0.1, 0.15) is 26.2 Å². The number of nitrogens with two attached hydrogens (primary N) is 1. The van der Waals surface area contributed by atoms with E-state index in [1.54, 1.807) is 12.1 Å². The minimum Gasteiger partial charge on any atom is -0.399 e. The van der Waals surface area contributed by atoms with Crippen molar-refractivity contribution in [1.29, 1.82) is 0 Å². The molecule has 2 N–H and O–H groups in total. The molecule has 3 nitrogen and oxygen atoms in total. The molecule has 4 heteroatoms. The molecule has 0 aliphatic heterocycles. The molecule has 88 valence electrons. The van der Waals surface area contributed by atoms with E-state index in [4.69, 9.17) is 5.73 Å². The van der Waals surface area contributed by atoms with E-state index in [-0.39, 0.29) is 5.25 Å². The van der Waals surface area contributed by atoms with Gasteiger partial charge in [0.25, 0.3) is 0 Å². The molecule has 0 aromatic heterocycles. The highest BCUT2D eigenvalue weighted by Crippen LogP contribution is 2.35. The summed E-state index contributed by atoms with van der Waals surface area (Å²) in [4.78, 5) is 0.845. The second-order valence-corrected chi connectivity index (χ2v) is 6.72. The molecule has 0 saturated heterocycles. The maximum Gasteiger partial charge on any atom is 0.0781 e. The molecule has 1 aromatic carbocycles. The summed E-state index contributed by atoms with van der Waals surface area (Å²) in [6.45, 7) is 2.74. The molecule has 1 saturated carbocycles. The molecule has 1 unspecified atom stereocenters. The minimum atomic E-state index is -2.18. The van der Waals surface area contributed by atoms with Gasteiger partial charge in [-0.25, -0.2) is 8.57 Å². The lowest BCUT2D eigenvalue weighted by atomic mass is 10.3. The van der Waals surface area contributed by atoms with E-state index in [0.29, 0.717) is 12.2 Å². The monoisotopic (exact) mass is 238 g/mol. The van der Waals surface area contributed by atoms with Crippen LogP contribution in [-0.4, -0.2) is 16.0 Å². The molecular formula is C12H18N2OS. The highest BCUT2D eigenvalue weighted by atomic mass is 32.2. The van der Waals surface area contributed by atoms with Crippen LogP contribution in [0.2, 0.25) is 0 Å². The van der Waals surface area contributed by atoms with E-state index < -0.39 is 9.73 Å². The number of nitrogen functional groups attached to an aromatic ring is 1. The van der Waals surface area contributed by atoms with Crippen molar-refractivity contribution in [2.24, 2.45) is 4.36 Å². The summed E-state index contributed by atoms with van der Waals surface area (Å²) in [5.41, 5.74) is 6.34. The van der Waals surface area contributed by atoms with Gasteiger partial charge in [-0.2, -0.15) is 0 Å². The lowest BCUT2D eigenvalue weighted by Gasteiger charge is -2.09. The zero-order valence-electron chi connectivity index (χ0n) is 9.56. The standard InChI is InChI=1S/C12H18N2OS/c1-2-9-14-16(15,12-7-8-12)11-5-3-10(13)4-6-11/h3-6,12H,2,7-9,13H2,1H3. The van der Waals surface area contributed by atoms with Gasteiger partial charge in [0.05, 0.1) is 9.73 Å². The summed E-state index contributed by atoms with van der Waals surface area (Å²) in [6.07, 6.45) is 3.02. The predicted molar refractivity (Wildman–Crippen MR) is 67.9 cm³/mol. The summed E-state index contributed by atoms with van der Waals surface area (Å²) >= 11 is 0. The largest absolute Gasteiger partial charge is 0.399 e. The van der Waals surface area contributed by atoms with Crippen molar-refractivity contribution >= 4 is 15.4 Å². The zero-order valence-corrected chi connectivity index (χ0v) is 10.4. The second kappa shape index (κ2) is 4.45. The van der Waals surface area contributed by atoms with Gasteiger partial charge in [-0.3, -0.25) is 0 Å². The highest BCUT2D eigenvalue weighted by molar-refractivity contribution is 7.94. The van der Waals surface area contributed by atoms with Crippen molar-refractivity contribution in [2.75, 3.05) is 12.3 Å². The average molecular weight is 238 g/mol. The van der Waals surface area contributed by atoms with Crippen LogP contribution in [-0.2, 0) is 9.73 Å². The fourth-order valence-corrected chi connectivity index (χ4v) is 4.15. The van der Waals surface area contributed by atoms with Crippen molar-refractivity contribution in [2.45, 2.75) is 36.3 Å². The molecule has 1 aliphatic carbocycles. The maximum absolute atomic E-state index is 12.8. The van der Waals surface area contributed by atoms with Crippen LogP contribution < -0.4 is 5.73 Å². The number of hydrogen-bond donors (Lipinski definition) is 1. The first-order valence-corrected chi connectivity index (χ1v) is 7.32. The van der Waals surface area contributed by atoms with Crippen molar-refractivity contribution in [1.82, 2.24) is 0 Å². The van der Waals surface area contributed by atoms with Crippen LogP contribution in [0.5, 0.6) is 0 Å². The van der Waals surface area contributed by atoms with Gasteiger partial charge < -0.3 is 5.73 Å². The lowest BCUT2D eigenvalue weighted by Crippen LogP contribution is -2.08. The lowest BCUT2D eigenvalue weighted by molar-refractivity contribution is 0.673. The Labute approximate surface area is 97.2 Å². The molecule has 1 aromatic rings. The maximum atomic E-state index is 12.8. The van der Waals surface area contributed by atoms with E-state index in [1.165, 1.54) is 0 Å². The first kappa shape index (κ1) is 11.5. The molecule has 16 heavy (non-hydrogen) atoms. The second-order valence-electron chi connectivity index (χ2n) is 4.19. The van der Waals surface area contributed by atoms with Gasteiger partial charge in [-0.1, -0.05) is 6.92 Å². The first-order chi connectivity index (χ1) is 7.66. The van der Waals surface area contributed by atoms with Crippen LogP contribution in [0, 0.1) is 0 Å². The Balaban J connectivity index is 2.40. The topological polar surface area (TPSA) is 55.5 Å². The van der Waals surface area contributed by atoms with E-state index >= 15 is 0 Å². The van der Waals surface area contributed by atoms with Gasteiger partial charge in [0.2, 0.25) is 0 Å². The van der Waals surface area contributed by atoms with E-state index in [9.17, 15) is 4.21 Å². The number of benzene rings is 1. The third kappa shape index (κ3) is 2.21.